The molecule has 0 aliphatic heterocycles. The summed E-state index contributed by atoms with van der Waals surface area (Å²) in [5, 5.41) is 14.4. The number of nitro groups is 1. The minimum absolute atomic E-state index is 0.240. The monoisotopic (exact) mass is 280 g/mol. The minimum atomic E-state index is -0.312. The fourth-order valence-corrected chi connectivity index (χ4v) is 4.65. The third kappa shape index (κ3) is 2.67. The van der Waals surface area contributed by atoms with E-state index in [-0.39, 0.29) is 9.92 Å². The molecular formula is C14H20N2O2S. The number of fused-ring (bicyclic) bond motifs is 2. The van der Waals surface area contributed by atoms with Crippen LogP contribution < -0.4 is 5.32 Å². The summed E-state index contributed by atoms with van der Waals surface area (Å²) in [6.45, 7) is 3.03. The summed E-state index contributed by atoms with van der Waals surface area (Å²) < 4.78 is 0. The van der Waals surface area contributed by atoms with E-state index in [1.54, 1.807) is 6.07 Å². The van der Waals surface area contributed by atoms with Crippen molar-refractivity contribution < 1.29 is 4.92 Å². The Kier molecular flexibility index (Phi) is 3.58. The van der Waals surface area contributed by atoms with E-state index < -0.39 is 0 Å². The molecule has 4 nitrogen and oxygen atoms in total. The molecule has 2 aliphatic carbocycles. The lowest BCUT2D eigenvalue weighted by atomic mass is 9.84. The summed E-state index contributed by atoms with van der Waals surface area (Å²) in [5.41, 5.74) is 0. The van der Waals surface area contributed by atoms with Crippen molar-refractivity contribution in [1.82, 2.24) is 5.32 Å². The zero-order valence-electron chi connectivity index (χ0n) is 11.2. The van der Waals surface area contributed by atoms with E-state index in [2.05, 4.69) is 12.2 Å². The molecule has 0 aromatic carbocycles. The highest BCUT2D eigenvalue weighted by atomic mass is 32.1. The Morgan fingerprint density at radius 3 is 2.89 bits per heavy atom. The van der Waals surface area contributed by atoms with Crippen LogP contribution >= 0.6 is 11.3 Å². The largest absolute Gasteiger partial charge is 0.324 e. The zero-order valence-corrected chi connectivity index (χ0v) is 12.0. The standard InChI is InChI=1S/C14H20N2O2S/c1-9(13-7-10-2-3-11(13)6-10)15-8-12-4-5-14(19-12)16(17)18/h4-5,9-11,13,15H,2-3,6-8H2,1H3. The summed E-state index contributed by atoms with van der Waals surface area (Å²) in [4.78, 5) is 11.4. The molecule has 1 N–H and O–H groups in total. The van der Waals surface area contributed by atoms with Gasteiger partial charge in [-0.2, -0.15) is 0 Å². The maximum Gasteiger partial charge on any atom is 0.324 e. The summed E-state index contributed by atoms with van der Waals surface area (Å²) in [7, 11) is 0. The Labute approximate surface area is 117 Å². The SMILES string of the molecule is CC(NCc1ccc([N+](=O)[O-])s1)C1CC2CCC1C2. The number of nitrogens with zero attached hydrogens (tertiary/aromatic N) is 1. The second kappa shape index (κ2) is 5.21. The fourth-order valence-electron chi connectivity index (χ4n) is 3.88. The molecule has 1 aromatic heterocycles. The van der Waals surface area contributed by atoms with Crippen molar-refractivity contribution in [2.75, 3.05) is 0 Å². The first-order valence-corrected chi connectivity index (χ1v) is 7.91. The maximum absolute atomic E-state index is 10.6. The van der Waals surface area contributed by atoms with Crippen LogP contribution in [0, 0.1) is 27.9 Å². The molecule has 1 heterocycles. The Morgan fingerprint density at radius 1 is 1.47 bits per heavy atom. The molecule has 4 atom stereocenters. The van der Waals surface area contributed by atoms with Crippen LogP contribution in [0.2, 0.25) is 0 Å². The smallest absolute Gasteiger partial charge is 0.309 e. The number of thiophene rings is 1. The van der Waals surface area contributed by atoms with E-state index in [9.17, 15) is 10.1 Å². The van der Waals surface area contributed by atoms with E-state index in [1.807, 2.05) is 6.07 Å². The van der Waals surface area contributed by atoms with Gasteiger partial charge in [0.15, 0.2) is 0 Å². The van der Waals surface area contributed by atoms with E-state index in [0.29, 0.717) is 6.04 Å². The second-order valence-electron chi connectivity index (χ2n) is 6.01. The van der Waals surface area contributed by atoms with Crippen molar-refractivity contribution in [1.29, 1.82) is 0 Å². The van der Waals surface area contributed by atoms with Crippen molar-refractivity contribution in [2.24, 2.45) is 17.8 Å². The predicted molar refractivity (Wildman–Crippen MR) is 76.2 cm³/mol. The minimum Gasteiger partial charge on any atom is -0.309 e. The normalized spacial score (nSPS) is 30.7. The first-order valence-electron chi connectivity index (χ1n) is 7.10. The highest BCUT2D eigenvalue weighted by molar-refractivity contribution is 7.15. The summed E-state index contributed by atoms with van der Waals surface area (Å²) in [5.74, 6) is 2.71. The van der Waals surface area contributed by atoms with Crippen LogP contribution in [0.5, 0.6) is 0 Å². The highest BCUT2D eigenvalue weighted by Gasteiger charge is 2.41. The molecule has 4 unspecified atom stereocenters. The summed E-state index contributed by atoms with van der Waals surface area (Å²) in [6, 6.07) is 3.99. The van der Waals surface area contributed by atoms with Gasteiger partial charge in [-0.05, 0) is 50.0 Å². The van der Waals surface area contributed by atoms with Crippen LogP contribution in [0.15, 0.2) is 12.1 Å². The summed E-state index contributed by atoms with van der Waals surface area (Å²) in [6.07, 6.45) is 5.65. The first-order chi connectivity index (χ1) is 9.13. The maximum atomic E-state index is 10.6. The molecule has 2 bridgehead atoms. The van der Waals surface area contributed by atoms with E-state index >= 15 is 0 Å². The fraction of sp³-hybridized carbons (Fsp3) is 0.714. The Bertz CT molecular complexity index is 474. The van der Waals surface area contributed by atoms with Gasteiger partial charge in [0.2, 0.25) is 0 Å². The molecule has 3 rings (SSSR count). The topological polar surface area (TPSA) is 55.2 Å². The van der Waals surface area contributed by atoms with Gasteiger partial charge in [0, 0.05) is 23.5 Å². The van der Waals surface area contributed by atoms with Crippen molar-refractivity contribution in [2.45, 2.75) is 45.2 Å². The lowest BCUT2D eigenvalue weighted by Crippen LogP contribution is -2.35. The third-order valence-corrected chi connectivity index (χ3v) is 5.90. The predicted octanol–water partition coefficient (Wildman–Crippen LogP) is 3.57. The van der Waals surface area contributed by atoms with Gasteiger partial charge in [0.1, 0.15) is 0 Å². The molecule has 2 fully saturated rings. The Hall–Kier alpha value is -0.940. The zero-order chi connectivity index (χ0) is 13.4. The molecule has 19 heavy (non-hydrogen) atoms. The highest BCUT2D eigenvalue weighted by Crippen LogP contribution is 2.49. The molecule has 0 amide bonds. The van der Waals surface area contributed by atoms with Crippen LogP contribution in [-0.2, 0) is 6.54 Å². The van der Waals surface area contributed by atoms with Crippen molar-refractivity contribution in [3.8, 4) is 0 Å². The molecule has 0 spiro atoms. The lowest BCUT2D eigenvalue weighted by molar-refractivity contribution is -0.380. The van der Waals surface area contributed by atoms with Gasteiger partial charge < -0.3 is 5.32 Å². The second-order valence-corrected chi connectivity index (χ2v) is 7.15. The quantitative estimate of drug-likeness (QED) is 0.662. The molecule has 0 radical (unpaired) electrons. The average molecular weight is 280 g/mol. The molecule has 2 saturated carbocycles. The molecule has 5 heteroatoms. The van der Waals surface area contributed by atoms with Gasteiger partial charge in [-0.25, -0.2) is 0 Å². The average Bonchev–Trinajstić information content (AvgIpc) is 3.11. The van der Waals surface area contributed by atoms with Crippen LogP contribution in [0.25, 0.3) is 0 Å². The van der Waals surface area contributed by atoms with Gasteiger partial charge in [-0.1, -0.05) is 17.8 Å². The van der Waals surface area contributed by atoms with Gasteiger partial charge in [0.25, 0.3) is 0 Å². The van der Waals surface area contributed by atoms with Crippen LogP contribution in [0.3, 0.4) is 0 Å². The van der Waals surface area contributed by atoms with Gasteiger partial charge in [0.05, 0.1) is 4.92 Å². The van der Waals surface area contributed by atoms with E-state index in [1.165, 1.54) is 37.0 Å². The van der Waals surface area contributed by atoms with Crippen molar-refractivity contribution in [3.05, 3.63) is 27.1 Å². The Morgan fingerprint density at radius 2 is 2.32 bits per heavy atom. The number of hydrogen-bond donors (Lipinski definition) is 1. The van der Waals surface area contributed by atoms with Gasteiger partial charge >= 0.3 is 5.00 Å². The van der Waals surface area contributed by atoms with Gasteiger partial charge in [-0.3, -0.25) is 10.1 Å². The third-order valence-electron chi connectivity index (χ3n) is 4.86. The summed E-state index contributed by atoms with van der Waals surface area (Å²) >= 11 is 1.28. The number of hydrogen-bond acceptors (Lipinski definition) is 4. The van der Waals surface area contributed by atoms with Crippen LogP contribution in [-0.4, -0.2) is 11.0 Å². The first kappa shape index (κ1) is 13.1. The molecule has 2 aliphatic rings. The van der Waals surface area contributed by atoms with Crippen molar-refractivity contribution in [3.63, 3.8) is 0 Å². The van der Waals surface area contributed by atoms with E-state index in [4.69, 9.17) is 0 Å². The van der Waals surface area contributed by atoms with E-state index in [0.717, 1.165) is 29.2 Å². The molecule has 1 aromatic rings. The molecular weight excluding hydrogens is 260 g/mol. The lowest BCUT2D eigenvalue weighted by Gasteiger charge is -2.28. The molecule has 104 valence electrons. The molecule has 0 saturated heterocycles. The number of rotatable bonds is 5. The van der Waals surface area contributed by atoms with Crippen LogP contribution in [0.4, 0.5) is 5.00 Å². The number of nitrogens with one attached hydrogen (secondary N) is 1. The Balaban J connectivity index is 1.52. The van der Waals surface area contributed by atoms with Gasteiger partial charge in [-0.15, -0.1) is 0 Å². The van der Waals surface area contributed by atoms with Crippen LogP contribution in [0.1, 0.15) is 37.5 Å². The van der Waals surface area contributed by atoms with Crippen molar-refractivity contribution >= 4 is 16.3 Å².